The highest BCUT2D eigenvalue weighted by Gasteiger charge is 2.25. The smallest absolute Gasteiger partial charge is 0.133 e. The number of hydrogen-bond donors (Lipinski definition) is 5. The van der Waals surface area contributed by atoms with Crippen LogP contribution in [0.3, 0.4) is 0 Å². The molecule has 0 fully saturated rings. The average molecular weight is 571 g/mol. The molecule has 2 atom stereocenters. The van der Waals surface area contributed by atoms with Crippen LogP contribution in [-0.4, -0.2) is 64.8 Å². The lowest BCUT2D eigenvalue weighted by molar-refractivity contribution is 0.0645. The van der Waals surface area contributed by atoms with Crippen molar-refractivity contribution in [3.05, 3.63) is 69.5 Å². The van der Waals surface area contributed by atoms with E-state index < -0.39 is 12.2 Å². The number of alkyl halides is 1. The van der Waals surface area contributed by atoms with Crippen molar-refractivity contribution in [3.63, 3.8) is 0 Å². The SMILES string of the molecule is CC1=C(CO)NNN1C[C@@H](O)COc1ccc(C(C)(C)c2ccc(OC[C@H](O)CCl)c(Br)c2)cc1. The molecule has 1 aliphatic rings. The summed E-state index contributed by atoms with van der Waals surface area (Å²) >= 11 is 9.19. The molecule has 0 bridgehead atoms. The number of hydrazine groups is 2. The van der Waals surface area contributed by atoms with E-state index in [2.05, 4.69) is 40.7 Å². The maximum Gasteiger partial charge on any atom is 0.133 e. The minimum absolute atomic E-state index is 0.0990. The van der Waals surface area contributed by atoms with Gasteiger partial charge in [0.25, 0.3) is 0 Å². The summed E-state index contributed by atoms with van der Waals surface area (Å²) in [5, 5.41) is 31.0. The predicted octanol–water partition coefficient (Wildman–Crippen LogP) is 3.04. The van der Waals surface area contributed by atoms with Gasteiger partial charge in [-0.15, -0.1) is 17.1 Å². The fourth-order valence-corrected chi connectivity index (χ4v) is 4.22. The molecule has 0 unspecified atom stereocenters. The fourth-order valence-electron chi connectivity index (χ4n) is 3.64. The number of hydrogen-bond acceptors (Lipinski definition) is 8. The molecule has 0 amide bonds. The van der Waals surface area contributed by atoms with E-state index in [1.54, 1.807) is 5.01 Å². The van der Waals surface area contributed by atoms with Crippen molar-refractivity contribution in [1.82, 2.24) is 16.0 Å². The van der Waals surface area contributed by atoms with Gasteiger partial charge in [-0.3, -0.25) is 5.01 Å². The highest BCUT2D eigenvalue weighted by Crippen LogP contribution is 2.36. The van der Waals surface area contributed by atoms with Gasteiger partial charge in [0.15, 0.2) is 0 Å². The molecule has 0 spiro atoms. The molecule has 0 saturated carbocycles. The Bertz CT molecular complexity index is 1020. The second-order valence-electron chi connectivity index (χ2n) is 8.95. The van der Waals surface area contributed by atoms with Gasteiger partial charge in [-0.2, -0.15) is 0 Å². The Kier molecular flexibility index (Phi) is 9.69. The van der Waals surface area contributed by atoms with Crippen LogP contribution in [0.4, 0.5) is 0 Å². The van der Waals surface area contributed by atoms with Gasteiger partial charge in [-0.1, -0.05) is 32.0 Å². The summed E-state index contributed by atoms with van der Waals surface area (Å²) in [6.07, 6.45) is -1.44. The van der Waals surface area contributed by atoms with Gasteiger partial charge in [-0.05, 0) is 58.2 Å². The van der Waals surface area contributed by atoms with Gasteiger partial charge in [-0.25, -0.2) is 0 Å². The summed E-state index contributed by atoms with van der Waals surface area (Å²) in [7, 11) is 0. The number of allylic oxidation sites excluding steroid dienone is 1. The van der Waals surface area contributed by atoms with Crippen molar-refractivity contribution in [1.29, 1.82) is 0 Å². The molecule has 0 saturated heterocycles. The second kappa shape index (κ2) is 12.3. The zero-order valence-corrected chi connectivity index (χ0v) is 22.4. The number of benzene rings is 2. The molecule has 2 aromatic carbocycles. The Morgan fingerprint density at radius 3 is 2.29 bits per heavy atom. The predicted molar refractivity (Wildman–Crippen MR) is 139 cm³/mol. The number of aliphatic hydroxyl groups is 3. The van der Waals surface area contributed by atoms with E-state index in [1.807, 2.05) is 49.4 Å². The Morgan fingerprint density at radius 2 is 1.69 bits per heavy atom. The lowest BCUT2D eigenvalue weighted by atomic mass is 9.78. The first kappa shape index (κ1) is 27.6. The number of nitrogens with one attached hydrogen (secondary N) is 2. The molecule has 5 N–H and O–H groups in total. The van der Waals surface area contributed by atoms with Gasteiger partial charge in [0.05, 0.1) is 34.9 Å². The Balaban J connectivity index is 1.58. The molecule has 8 nitrogen and oxygen atoms in total. The Morgan fingerprint density at radius 1 is 1.03 bits per heavy atom. The van der Waals surface area contributed by atoms with E-state index in [9.17, 15) is 15.3 Å². The monoisotopic (exact) mass is 569 g/mol. The number of aliphatic hydroxyl groups excluding tert-OH is 3. The molecular weight excluding hydrogens is 538 g/mol. The van der Waals surface area contributed by atoms with E-state index in [-0.39, 0.29) is 31.1 Å². The summed E-state index contributed by atoms with van der Waals surface area (Å²) in [5.74, 6) is 1.44. The third-order valence-corrected chi connectivity index (χ3v) is 6.99. The minimum atomic E-state index is -0.725. The molecule has 1 heterocycles. The van der Waals surface area contributed by atoms with Crippen LogP contribution in [0.1, 0.15) is 31.9 Å². The summed E-state index contributed by atoms with van der Waals surface area (Å²) in [6.45, 7) is 6.62. The van der Waals surface area contributed by atoms with Crippen LogP contribution in [-0.2, 0) is 5.41 Å². The van der Waals surface area contributed by atoms with E-state index in [0.717, 1.165) is 21.3 Å². The van der Waals surface area contributed by atoms with E-state index in [0.29, 0.717) is 23.7 Å². The van der Waals surface area contributed by atoms with Crippen LogP contribution >= 0.6 is 27.5 Å². The molecule has 0 radical (unpaired) electrons. The molecule has 35 heavy (non-hydrogen) atoms. The summed E-state index contributed by atoms with van der Waals surface area (Å²) in [6, 6.07) is 13.7. The van der Waals surface area contributed by atoms with Gasteiger partial charge in [0.1, 0.15) is 36.9 Å². The maximum absolute atomic E-state index is 10.4. The molecular formula is C25H33BrClN3O5. The zero-order valence-electron chi connectivity index (χ0n) is 20.1. The summed E-state index contributed by atoms with van der Waals surface area (Å²) in [5.41, 5.74) is 9.20. The molecule has 10 heteroatoms. The molecule has 3 rings (SSSR count). The highest BCUT2D eigenvalue weighted by atomic mass is 79.9. The van der Waals surface area contributed by atoms with Crippen LogP contribution in [0.25, 0.3) is 0 Å². The Labute approximate surface area is 219 Å². The number of halogens is 2. The van der Waals surface area contributed by atoms with Gasteiger partial charge in [0, 0.05) is 5.41 Å². The van der Waals surface area contributed by atoms with Crippen LogP contribution in [0.2, 0.25) is 0 Å². The third kappa shape index (κ3) is 7.03. The van der Waals surface area contributed by atoms with Crippen molar-refractivity contribution in [3.8, 4) is 11.5 Å². The third-order valence-electron chi connectivity index (χ3n) is 6.02. The van der Waals surface area contributed by atoms with Crippen LogP contribution in [0.15, 0.2) is 58.3 Å². The van der Waals surface area contributed by atoms with Crippen LogP contribution < -0.4 is 20.4 Å². The van der Waals surface area contributed by atoms with Crippen LogP contribution in [0.5, 0.6) is 11.5 Å². The molecule has 0 aliphatic carbocycles. The van der Waals surface area contributed by atoms with Gasteiger partial charge in [0.2, 0.25) is 0 Å². The minimum Gasteiger partial charge on any atom is -0.491 e. The molecule has 1 aliphatic heterocycles. The van der Waals surface area contributed by atoms with Gasteiger partial charge < -0.3 is 30.2 Å². The van der Waals surface area contributed by atoms with E-state index in [4.69, 9.17) is 21.1 Å². The number of β-amino-alcohol motifs (C(OH)–C–C–N with tert-alkyl or cyclic N) is 1. The summed E-state index contributed by atoms with van der Waals surface area (Å²) in [4.78, 5) is 0. The summed E-state index contributed by atoms with van der Waals surface area (Å²) < 4.78 is 12.2. The number of nitrogens with zero attached hydrogens (tertiary/aromatic N) is 1. The van der Waals surface area contributed by atoms with Crippen molar-refractivity contribution in [2.75, 3.05) is 32.2 Å². The van der Waals surface area contributed by atoms with Crippen molar-refractivity contribution < 1.29 is 24.8 Å². The average Bonchev–Trinajstić information content (AvgIpc) is 3.20. The van der Waals surface area contributed by atoms with E-state index >= 15 is 0 Å². The fraction of sp³-hybridized carbons (Fsp3) is 0.440. The number of ether oxygens (including phenoxy) is 2. The normalized spacial score (nSPS) is 15.7. The zero-order chi connectivity index (χ0) is 25.6. The second-order valence-corrected chi connectivity index (χ2v) is 10.1. The quantitative estimate of drug-likeness (QED) is 0.248. The largest absolute Gasteiger partial charge is 0.491 e. The first-order valence-corrected chi connectivity index (χ1v) is 12.7. The van der Waals surface area contributed by atoms with Crippen LogP contribution in [0, 0.1) is 0 Å². The van der Waals surface area contributed by atoms with Gasteiger partial charge >= 0.3 is 0 Å². The van der Waals surface area contributed by atoms with E-state index in [1.165, 1.54) is 0 Å². The van der Waals surface area contributed by atoms with Crippen molar-refractivity contribution >= 4 is 27.5 Å². The maximum atomic E-state index is 10.4. The molecule has 192 valence electrons. The topological polar surface area (TPSA) is 106 Å². The number of rotatable bonds is 12. The van der Waals surface area contributed by atoms with Crippen molar-refractivity contribution in [2.45, 2.75) is 38.4 Å². The molecule has 2 aromatic rings. The highest BCUT2D eigenvalue weighted by molar-refractivity contribution is 9.10. The van der Waals surface area contributed by atoms with Crippen molar-refractivity contribution in [2.24, 2.45) is 0 Å². The first-order valence-electron chi connectivity index (χ1n) is 11.3. The lowest BCUT2D eigenvalue weighted by Crippen LogP contribution is -2.43. The molecule has 0 aromatic heterocycles. The first-order chi connectivity index (χ1) is 16.6. The lowest BCUT2D eigenvalue weighted by Gasteiger charge is -2.27. The Hall–Kier alpha value is -2.01. The standard InChI is InChI=1S/C25H33BrClN3O5/c1-16-23(13-31)28-29-30(16)12-20(33)15-34-21-7-4-17(5-8-21)25(2,3)18-6-9-24(22(26)10-18)35-14-19(32)11-27/h4-10,19-20,28-29,31-33H,11-15H2,1-3H3/t19-,20-/m1/s1.